The van der Waals surface area contributed by atoms with Gasteiger partial charge in [-0.25, -0.2) is 9.18 Å². The van der Waals surface area contributed by atoms with Crippen molar-refractivity contribution < 1.29 is 23.8 Å². The number of terminal acetylenes is 1. The molecule has 1 rings (SSSR count). The molecule has 0 radical (unpaired) electrons. The third-order valence-corrected chi connectivity index (χ3v) is 2.50. The number of rotatable bonds is 6. The molecule has 0 atom stereocenters. The minimum absolute atomic E-state index is 0.0446. The van der Waals surface area contributed by atoms with Crippen LogP contribution in [-0.4, -0.2) is 42.2 Å². The Kier molecular flexibility index (Phi) is 6.01. The third kappa shape index (κ3) is 5.40. The van der Waals surface area contributed by atoms with Crippen LogP contribution in [0.4, 0.5) is 14.9 Å². The van der Waals surface area contributed by atoms with Gasteiger partial charge in [0.1, 0.15) is 18.2 Å². The lowest BCUT2D eigenvalue weighted by Gasteiger charge is -2.18. The highest BCUT2D eigenvalue weighted by atomic mass is 19.1. The van der Waals surface area contributed by atoms with E-state index in [1.807, 2.05) is 0 Å². The first-order valence-corrected chi connectivity index (χ1v) is 6.03. The molecule has 1 aromatic rings. The Hall–Kier alpha value is -2.75. The maximum atomic E-state index is 13.2. The Bertz CT molecular complexity index is 569. The van der Waals surface area contributed by atoms with Crippen LogP contribution in [0.2, 0.25) is 0 Å². The highest BCUT2D eigenvalue weighted by Crippen LogP contribution is 2.25. The summed E-state index contributed by atoms with van der Waals surface area (Å²) in [5.41, 5.74) is 0.249. The summed E-state index contributed by atoms with van der Waals surface area (Å²) in [4.78, 5) is 23.5. The number of nitrogens with zero attached hydrogens (tertiary/aromatic N) is 1. The van der Waals surface area contributed by atoms with Crippen molar-refractivity contribution in [1.29, 1.82) is 0 Å². The monoisotopic (exact) mass is 294 g/mol. The Morgan fingerprint density at radius 3 is 2.86 bits per heavy atom. The number of ether oxygens (including phenoxy) is 1. The average molecular weight is 294 g/mol. The highest BCUT2D eigenvalue weighted by molar-refractivity contribution is 5.91. The Balaban J connectivity index is 2.75. The molecule has 0 fully saturated rings. The summed E-state index contributed by atoms with van der Waals surface area (Å²) in [6, 6.07) is 3.07. The minimum atomic E-state index is -1.01. The van der Waals surface area contributed by atoms with Crippen LogP contribution in [0, 0.1) is 18.2 Å². The highest BCUT2D eigenvalue weighted by Gasteiger charge is 2.13. The molecule has 0 spiro atoms. The molecule has 0 aliphatic carbocycles. The second-order valence-electron chi connectivity index (χ2n) is 4.13. The molecule has 0 saturated heterocycles. The minimum Gasteiger partial charge on any atom is -0.481 e. The Morgan fingerprint density at radius 1 is 1.52 bits per heavy atom. The summed E-state index contributed by atoms with van der Waals surface area (Å²) in [6.45, 7) is -0.0237. The summed E-state index contributed by atoms with van der Waals surface area (Å²) in [5, 5.41) is 11.1. The number of hydrogen-bond acceptors (Lipinski definition) is 3. The number of nitrogens with one attached hydrogen (secondary N) is 1. The molecule has 1 aromatic carbocycles. The van der Waals surface area contributed by atoms with Gasteiger partial charge in [-0.15, -0.1) is 6.42 Å². The number of carbonyl (C=O) groups is 2. The fourth-order valence-electron chi connectivity index (χ4n) is 1.41. The molecule has 2 N–H and O–H groups in total. The van der Waals surface area contributed by atoms with Gasteiger partial charge in [-0.2, -0.15) is 0 Å². The van der Waals surface area contributed by atoms with Crippen molar-refractivity contribution in [1.82, 2.24) is 4.90 Å². The number of anilines is 1. The van der Waals surface area contributed by atoms with E-state index in [4.69, 9.17) is 16.3 Å². The van der Waals surface area contributed by atoms with Crippen molar-refractivity contribution >= 4 is 17.7 Å². The van der Waals surface area contributed by atoms with Crippen molar-refractivity contribution in [2.75, 3.05) is 25.5 Å². The van der Waals surface area contributed by atoms with Crippen molar-refractivity contribution in [3.63, 3.8) is 0 Å². The molecule has 0 aliphatic rings. The van der Waals surface area contributed by atoms with Crippen LogP contribution in [-0.2, 0) is 4.79 Å². The first-order chi connectivity index (χ1) is 9.93. The summed E-state index contributed by atoms with van der Waals surface area (Å²) < 4.78 is 18.3. The number of benzene rings is 1. The van der Waals surface area contributed by atoms with Crippen molar-refractivity contribution in [2.45, 2.75) is 6.42 Å². The number of amides is 2. The predicted molar refractivity (Wildman–Crippen MR) is 74.6 cm³/mol. The van der Waals surface area contributed by atoms with Crippen molar-refractivity contribution in [3.05, 3.63) is 24.0 Å². The molecular formula is C14H15FN2O4. The summed E-state index contributed by atoms with van der Waals surface area (Å²) in [5.74, 6) is 0.810. The first-order valence-electron chi connectivity index (χ1n) is 6.03. The van der Waals surface area contributed by atoms with Crippen LogP contribution in [0.3, 0.4) is 0 Å². The van der Waals surface area contributed by atoms with E-state index < -0.39 is 17.8 Å². The number of aliphatic carboxylic acids is 1. The lowest BCUT2D eigenvalue weighted by Crippen LogP contribution is -2.33. The molecular weight excluding hydrogens is 279 g/mol. The number of carboxylic acids is 1. The molecule has 21 heavy (non-hydrogen) atoms. The van der Waals surface area contributed by atoms with Crippen molar-refractivity contribution in [2.24, 2.45) is 0 Å². The molecule has 0 aliphatic heterocycles. The molecule has 6 nitrogen and oxygen atoms in total. The van der Waals surface area contributed by atoms with E-state index in [1.165, 1.54) is 18.0 Å². The molecule has 0 unspecified atom stereocenters. The van der Waals surface area contributed by atoms with Gasteiger partial charge in [-0.1, -0.05) is 5.92 Å². The summed E-state index contributed by atoms with van der Waals surface area (Å²) >= 11 is 0. The lowest BCUT2D eigenvalue weighted by atomic mass is 10.3. The number of carboxylic acid groups (broad SMARTS) is 1. The number of carbonyl (C=O) groups excluding carboxylic acids is 1. The van der Waals surface area contributed by atoms with Gasteiger partial charge < -0.3 is 20.1 Å². The van der Waals surface area contributed by atoms with E-state index in [0.717, 1.165) is 12.1 Å². The van der Waals surface area contributed by atoms with E-state index in [9.17, 15) is 14.0 Å². The second kappa shape index (κ2) is 7.75. The summed E-state index contributed by atoms with van der Waals surface area (Å²) in [7, 11) is 1.45. The van der Waals surface area contributed by atoms with Crippen LogP contribution < -0.4 is 10.1 Å². The van der Waals surface area contributed by atoms with E-state index in [2.05, 4.69) is 11.2 Å². The van der Waals surface area contributed by atoms with E-state index in [1.54, 1.807) is 0 Å². The van der Waals surface area contributed by atoms with Crippen LogP contribution in [0.5, 0.6) is 5.75 Å². The van der Waals surface area contributed by atoms with Crippen LogP contribution >= 0.6 is 0 Å². The third-order valence-electron chi connectivity index (χ3n) is 2.50. The lowest BCUT2D eigenvalue weighted by molar-refractivity contribution is -0.137. The SMILES string of the molecule is C#CCOc1cc(F)ccc1NC(=O)N(C)CCC(=O)O. The van der Waals surface area contributed by atoms with Gasteiger partial charge in [0.25, 0.3) is 0 Å². The topological polar surface area (TPSA) is 78.9 Å². The van der Waals surface area contributed by atoms with E-state index in [0.29, 0.717) is 0 Å². The van der Waals surface area contributed by atoms with Gasteiger partial charge in [0, 0.05) is 19.7 Å². The molecule has 112 valence electrons. The van der Waals surface area contributed by atoms with Crippen LogP contribution in [0.15, 0.2) is 18.2 Å². The maximum Gasteiger partial charge on any atom is 0.321 e. The fourth-order valence-corrected chi connectivity index (χ4v) is 1.41. The largest absolute Gasteiger partial charge is 0.481 e. The van der Waals surface area contributed by atoms with E-state index in [-0.39, 0.29) is 31.0 Å². The number of halogens is 1. The fraction of sp³-hybridized carbons (Fsp3) is 0.286. The predicted octanol–water partition coefficient (Wildman–Crippen LogP) is 1.78. The molecule has 7 heteroatoms. The van der Waals surface area contributed by atoms with Gasteiger partial charge in [0.2, 0.25) is 0 Å². The van der Waals surface area contributed by atoms with Gasteiger partial charge in [-0.3, -0.25) is 4.79 Å². The normalized spacial score (nSPS) is 9.57. The molecule has 0 bridgehead atoms. The van der Waals surface area contributed by atoms with Gasteiger partial charge in [0.05, 0.1) is 12.1 Å². The van der Waals surface area contributed by atoms with Crippen molar-refractivity contribution in [3.8, 4) is 18.1 Å². The molecule has 0 saturated carbocycles. The van der Waals surface area contributed by atoms with E-state index >= 15 is 0 Å². The molecule has 2 amide bonds. The first kappa shape index (κ1) is 16.3. The van der Waals surface area contributed by atoms with Crippen LogP contribution in [0.25, 0.3) is 0 Å². The zero-order valence-electron chi connectivity index (χ0n) is 11.4. The molecule has 0 aromatic heterocycles. The maximum absolute atomic E-state index is 13.2. The quantitative estimate of drug-likeness (QED) is 0.784. The van der Waals surface area contributed by atoms with Crippen LogP contribution in [0.1, 0.15) is 6.42 Å². The zero-order chi connectivity index (χ0) is 15.8. The number of urea groups is 1. The number of hydrogen-bond donors (Lipinski definition) is 2. The summed E-state index contributed by atoms with van der Waals surface area (Å²) in [6.07, 6.45) is 4.89. The second-order valence-corrected chi connectivity index (χ2v) is 4.13. The Labute approximate surface area is 121 Å². The van der Waals surface area contributed by atoms with Gasteiger partial charge in [-0.05, 0) is 12.1 Å². The molecule has 0 heterocycles. The smallest absolute Gasteiger partial charge is 0.321 e. The standard InChI is InChI=1S/C14H15FN2O4/c1-3-8-21-12-9-10(15)4-5-11(12)16-14(20)17(2)7-6-13(18)19/h1,4-5,9H,6-8H2,2H3,(H,16,20)(H,18,19). The van der Waals surface area contributed by atoms with Gasteiger partial charge >= 0.3 is 12.0 Å². The average Bonchev–Trinajstić information content (AvgIpc) is 2.44. The Morgan fingerprint density at radius 2 is 2.24 bits per heavy atom. The zero-order valence-corrected chi connectivity index (χ0v) is 11.4. The van der Waals surface area contributed by atoms with Gasteiger partial charge in [0.15, 0.2) is 0 Å².